The number of rotatable bonds is 6. The van der Waals surface area contributed by atoms with Gasteiger partial charge in [-0.3, -0.25) is 0 Å². The normalized spacial score (nSPS) is 11.4. The van der Waals surface area contributed by atoms with Crippen molar-refractivity contribution in [2.24, 2.45) is 0 Å². The van der Waals surface area contributed by atoms with Crippen molar-refractivity contribution in [3.05, 3.63) is 11.4 Å². The highest BCUT2D eigenvalue weighted by Gasteiger charge is 2.20. The van der Waals surface area contributed by atoms with Crippen LogP contribution in [0.3, 0.4) is 0 Å². The van der Waals surface area contributed by atoms with Crippen LogP contribution in [0, 0.1) is 13.8 Å². The number of aryl methyl sites for hydroxylation is 1. The van der Waals surface area contributed by atoms with Crippen LogP contribution in [0.5, 0.6) is 5.88 Å². The minimum Gasteiger partial charge on any atom is -0.471 e. The van der Waals surface area contributed by atoms with Gasteiger partial charge in [-0.25, -0.2) is 4.98 Å². The lowest BCUT2D eigenvalue weighted by Gasteiger charge is -2.25. The van der Waals surface area contributed by atoms with E-state index >= 15 is 0 Å². The molecular formula is C14H25N3O. The monoisotopic (exact) mass is 251 g/mol. The third-order valence-electron chi connectivity index (χ3n) is 2.98. The van der Waals surface area contributed by atoms with Gasteiger partial charge >= 0.3 is 0 Å². The minimum atomic E-state index is -0.201. The molecule has 0 unspecified atom stereocenters. The lowest BCUT2D eigenvalue weighted by atomic mass is 10.1. The predicted octanol–water partition coefficient (Wildman–Crippen LogP) is 3.48. The molecule has 0 aliphatic carbocycles. The van der Waals surface area contributed by atoms with Crippen LogP contribution in [-0.4, -0.2) is 22.1 Å². The highest BCUT2D eigenvalue weighted by Crippen LogP contribution is 2.26. The quantitative estimate of drug-likeness (QED) is 0.840. The van der Waals surface area contributed by atoms with Crippen molar-refractivity contribution in [2.45, 2.75) is 60.0 Å². The Labute approximate surface area is 110 Å². The second-order valence-corrected chi connectivity index (χ2v) is 5.19. The van der Waals surface area contributed by atoms with Crippen molar-refractivity contribution >= 4 is 5.82 Å². The van der Waals surface area contributed by atoms with Crippen LogP contribution < -0.4 is 10.1 Å². The SMILES string of the molecule is CCCNc1nc(C)nc(OC(C)(C)CC)c1C. The van der Waals surface area contributed by atoms with Crippen LogP contribution in [0.1, 0.15) is 51.9 Å². The summed E-state index contributed by atoms with van der Waals surface area (Å²) >= 11 is 0. The Morgan fingerprint density at radius 3 is 2.39 bits per heavy atom. The summed E-state index contributed by atoms with van der Waals surface area (Å²) < 4.78 is 5.99. The summed E-state index contributed by atoms with van der Waals surface area (Å²) in [6, 6.07) is 0. The molecule has 1 aromatic rings. The van der Waals surface area contributed by atoms with Gasteiger partial charge in [-0.1, -0.05) is 13.8 Å². The maximum absolute atomic E-state index is 5.99. The van der Waals surface area contributed by atoms with E-state index in [0.717, 1.165) is 36.6 Å². The molecule has 0 spiro atoms. The van der Waals surface area contributed by atoms with Crippen LogP contribution in [0.15, 0.2) is 0 Å². The van der Waals surface area contributed by atoms with Gasteiger partial charge in [0.15, 0.2) is 0 Å². The smallest absolute Gasteiger partial charge is 0.222 e. The molecule has 1 aromatic heterocycles. The lowest BCUT2D eigenvalue weighted by Crippen LogP contribution is -2.28. The molecule has 0 atom stereocenters. The van der Waals surface area contributed by atoms with E-state index in [9.17, 15) is 0 Å². The van der Waals surface area contributed by atoms with Gasteiger partial charge < -0.3 is 10.1 Å². The van der Waals surface area contributed by atoms with Gasteiger partial charge in [0.05, 0.1) is 5.56 Å². The van der Waals surface area contributed by atoms with Crippen molar-refractivity contribution in [3.8, 4) is 5.88 Å². The Morgan fingerprint density at radius 1 is 1.17 bits per heavy atom. The fraction of sp³-hybridized carbons (Fsp3) is 0.714. The van der Waals surface area contributed by atoms with Crippen molar-refractivity contribution in [2.75, 3.05) is 11.9 Å². The largest absolute Gasteiger partial charge is 0.471 e. The second-order valence-electron chi connectivity index (χ2n) is 5.19. The molecule has 18 heavy (non-hydrogen) atoms. The Kier molecular flexibility index (Phi) is 4.93. The molecule has 0 fully saturated rings. The molecular weight excluding hydrogens is 226 g/mol. The van der Waals surface area contributed by atoms with E-state index in [1.165, 1.54) is 0 Å². The van der Waals surface area contributed by atoms with Gasteiger partial charge in [0.25, 0.3) is 0 Å². The molecule has 102 valence electrons. The van der Waals surface area contributed by atoms with Crippen LogP contribution >= 0.6 is 0 Å². The summed E-state index contributed by atoms with van der Waals surface area (Å²) in [6.07, 6.45) is 2.01. The molecule has 4 heteroatoms. The first kappa shape index (κ1) is 14.7. The maximum atomic E-state index is 5.99. The molecule has 0 amide bonds. The molecule has 0 saturated heterocycles. The van der Waals surface area contributed by atoms with E-state index in [1.807, 2.05) is 13.8 Å². The summed E-state index contributed by atoms with van der Waals surface area (Å²) in [6.45, 7) is 13.2. The maximum Gasteiger partial charge on any atom is 0.222 e. The third kappa shape index (κ3) is 3.86. The number of ether oxygens (including phenoxy) is 1. The molecule has 1 rings (SSSR count). The fourth-order valence-electron chi connectivity index (χ4n) is 1.45. The van der Waals surface area contributed by atoms with Crippen molar-refractivity contribution < 1.29 is 4.74 Å². The van der Waals surface area contributed by atoms with Crippen molar-refractivity contribution in [1.29, 1.82) is 0 Å². The van der Waals surface area contributed by atoms with E-state index in [4.69, 9.17) is 4.74 Å². The van der Waals surface area contributed by atoms with Gasteiger partial charge in [0, 0.05) is 6.54 Å². The van der Waals surface area contributed by atoms with Crippen LogP contribution in [0.2, 0.25) is 0 Å². The lowest BCUT2D eigenvalue weighted by molar-refractivity contribution is 0.0976. The van der Waals surface area contributed by atoms with E-state index < -0.39 is 0 Å². The third-order valence-corrected chi connectivity index (χ3v) is 2.98. The van der Waals surface area contributed by atoms with E-state index in [2.05, 4.69) is 43.0 Å². The molecule has 1 heterocycles. The topological polar surface area (TPSA) is 47.0 Å². The second kappa shape index (κ2) is 6.03. The van der Waals surface area contributed by atoms with Gasteiger partial charge in [0.1, 0.15) is 17.2 Å². The summed E-state index contributed by atoms with van der Waals surface area (Å²) in [5, 5.41) is 3.32. The highest BCUT2D eigenvalue weighted by atomic mass is 16.5. The Hall–Kier alpha value is -1.32. The number of hydrogen-bond acceptors (Lipinski definition) is 4. The van der Waals surface area contributed by atoms with Gasteiger partial charge in [0.2, 0.25) is 5.88 Å². The standard InChI is InChI=1S/C14H25N3O/c1-7-9-15-12-10(3)13(17-11(4)16-12)18-14(5,6)8-2/h7-9H2,1-6H3,(H,15,16,17). The van der Waals surface area contributed by atoms with E-state index in [1.54, 1.807) is 0 Å². The van der Waals surface area contributed by atoms with Gasteiger partial charge in [-0.2, -0.15) is 4.98 Å². The number of nitrogens with zero attached hydrogens (tertiary/aromatic N) is 2. The summed E-state index contributed by atoms with van der Waals surface area (Å²) in [4.78, 5) is 8.83. The zero-order valence-electron chi connectivity index (χ0n) is 12.4. The first-order valence-electron chi connectivity index (χ1n) is 6.67. The number of nitrogens with one attached hydrogen (secondary N) is 1. The fourth-order valence-corrected chi connectivity index (χ4v) is 1.45. The molecule has 0 saturated carbocycles. The van der Waals surface area contributed by atoms with Gasteiger partial charge in [-0.05, 0) is 40.5 Å². The van der Waals surface area contributed by atoms with Crippen LogP contribution in [0.4, 0.5) is 5.82 Å². The van der Waals surface area contributed by atoms with E-state index in [-0.39, 0.29) is 5.60 Å². The summed E-state index contributed by atoms with van der Waals surface area (Å²) in [5.41, 5.74) is 0.781. The number of anilines is 1. The molecule has 1 N–H and O–H groups in total. The zero-order chi connectivity index (χ0) is 13.8. The van der Waals surface area contributed by atoms with Crippen LogP contribution in [-0.2, 0) is 0 Å². The molecule has 0 aliphatic heterocycles. The molecule has 0 radical (unpaired) electrons. The first-order chi connectivity index (χ1) is 8.39. The first-order valence-corrected chi connectivity index (χ1v) is 6.67. The average Bonchev–Trinajstić information content (AvgIpc) is 2.31. The van der Waals surface area contributed by atoms with Crippen LogP contribution in [0.25, 0.3) is 0 Å². The van der Waals surface area contributed by atoms with Gasteiger partial charge in [-0.15, -0.1) is 0 Å². The Morgan fingerprint density at radius 2 is 1.83 bits per heavy atom. The Bertz CT molecular complexity index is 402. The van der Waals surface area contributed by atoms with E-state index in [0.29, 0.717) is 5.88 Å². The Balaban J connectivity index is 3.01. The summed E-state index contributed by atoms with van der Waals surface area (Å²) in [5.74, 6) is 2.31. The average molecular weight is 251 g/mol. The molecule has 4 nitrogen and oxygen atoms in total. The predicted molar refractivity (Wildman–Crippen MR) is 75.3 cm³/mol. The minimum absolute atomic E-state index is 0.201. The zero-order valence-corrected chi connectivity index (χ0v) is 12.4. The van der Waals surface area contributed by atoms with Crippen molar-refractivity contribution in [1.82, 2.24) is 9.97 Å². The summed E-state index contributed by atoms with van der Waals surface area (Å²) in [7, 11) is 0. The number of aromatic nitrogens is 2. The molecule has 0 aliphatic rings. The van der Waals surface area contributed by atoms with Crippen molar-refractivity contribution in [3.63, 3.8) is 0 Å². The number of hydrogen-bond donors (Lipinski definition) is 1. The molecule has 0 bridgehead atoms. The highest BCUT2D eigenvalue weighted by molar-refractivity contribution is 5.48. The molecule has 0 aromatic carbocycles.